The summed E-state index contributed by atoms with van der Waals surface area (Å²) in [6.07, 6.45) is 1.10. The minimum absolute atomic E-state index is 0.257. The molecule has 4 nitrogen and oxygen atoms in total. The number of aliphatic imine (C=N–C) groups is 1. The second kappa shape index (κ2) is 6.08. The molecular formula is C10H11NO3S. The number of ether oxygens (including phenoxy) is 2. The number of para-hydroxylation sites is 1. The van der Waals surface area contributed by atoms with Gasteiger partial charge in [-0.25, -0.2) is 4.79 Å². The van der Waals surface area contributed by atoms with Gasteiger partial charge < -0.3 is 9.47 Å². The maximum atomic E-state index is 10.9. The molecule has 0 saturated heterocycles. The highest BCUT2D eigenvalue weighted by Gasteiger charge is 2.04. The summed E-state index contributed by atoms with van der Waals surface area (Å²) in [4.78, 5) is 14.5. The molecule has 0 radical (unpaired) electrons. The molecule has 0 bridgehead atoms. The number of thioether (sulfide) groups is 1. The summed E-state index contributed by atoms with van der Waals surface area (Å²) in [6.45, 7) is 0. The summed E-state index contributed by atoms with van der Waals surface area (Å²) in [5, 5.41) is 0.257. The predicted molar refractivity (Wildman–Crippen MR) is 60.4 cm³/mol. The lowest BCUT2D eigenvalue weighted by Gasteiger charge is -2.04. The standard InChI is InChI=1S/C10H11NO3S/c1-13-9(12)11-10(15-2)14-8-6-4-3-5-7-8/h3-7H,1-2H3. The van der Waals surface area contributed by atoms with Gasteiger partial charge >= 0.3 is 6.09 Å². The van der Waals surface area contributed by atoms with Crippen LogP contribution in [0.15, 0.2) is 35.3 Å². The van der Waals surface area contributed by atoms with Crippen molar-refractivity contribution in [2.45, 2.75) is 0 Å². The number of hydrogen-bond donors (Lipinski definition) is 0. The largest absolute Gasteiger partial charge is 0.451 e. The van der Waals surface area contributed by atoms with E-state index in [2.05, 4.69) is 9.73 Å². The van der Waals surface area contributed by atoms with Crippen LogP contribution in [0.25, 0.3) is 0 Å². The number of amides is 1. The van der Waals surface area contributed by atoms with Crippen LogP contribution in [0.2, 0.25) is 0 Å². The first-order valence-corrected chi connectivity index (χ1v) is 5.42. The molecule has 0 fully saturated rings. The Morgan fingerprint density at radius 2 is 2.00 bits per heavy atom. The van der Waals surface area contributed by atoms with Crippen molar-refractivity contribution < 1.29 is 14.3 Å². The van der Waals surface area contributed by atoms with Crippen molar-refractivity contribution in [3.8, 4) is 5.75 Å². The molecule has 80 valence electrons. The van der Waals surface area contributed by atoms with Crippen LogP contribution in [0.5, 0.6) is 5.75 Å². The lowest BCUT2D eigenvalue weighted by molar-refractivity contribution is 0.182. The summed E-state index contributed by atoms with van der Waals surface area (Å²) < 4.78 is 9.75. The second-order valence-corrected chi connectivity index (χ2v) is 3.22. The van der Waals surface area contributed by atoms with E-state index >= 15 is 0 Å². The van der Waals surface area contributed by atoms with Crippen molar-refractivity contribution in [1.29, 1.82) is 0 Å². The van der Waals surface area contributed by atoms with Gasteiger partial charge in [-0.1, -0.05) is 30.0 Å². The number of carbonyl (C=O) groups excluding carboxylic acids is 1. The Morgan fingerprint density at radius 1 is 1.33 bits per heavy atom. The van der Waals surface area contributed by atoms with Crippen molar-refractivity contribution in [3.05, 3.63) is 30.3 Å². The van der Waals surface area contributed by atoms with Crippen LogP contribution in [0.4, 0.5) is 4.79 Å². The Hall–Kier alpha value is -1.49. The third-order valence-electron chi connectivity index (χ3n) is 1.48. The highest BCUT2D eigenvalue weighted by molar-refractivity contribution is 8.13. The van der Waals surface area contributed by atoms with E-state index in [1.165, 1.54) is 18.9 Å². The Bertz CT molecular complexity index is 351. The quantitative estimate of drug-likeness (QED) is 0.544. The van der Waals surface area contributed by atoms with Gasteiger partial charge in [-0.05, 0) is 18.4 Å². The maximum absolute atomic E-state index is 10.9. The minimum Gasteiger partial charge on any atom is -0.451 e. The van der Waals surface area contributed by atoms with E-state index in [0.717, 1.165) is 0 Å². The molecule has 0 saturated carbocycles. The van der Waals surface area contributed by atoms with Crippen molar-refractivity contribution >= 4 is 23.1 Å². The topological polar surface area (TPSA) is 47.9 Å². The zero-order chi connectivity index (χ0) is 11.1. The molecule has 1 aromatic carbocycles. The van der Waals surface area contributed by atoms with Crippen LogP contribution in [-0.2, 0) is 4.74 Å². The molecule has 0 aliphatic heterocycles. The molecule has 5 heteroatoms. The lowest BCUT2D eigenvalue weighted by atomic mass is 10.3. The third kappa shape index (κ3) is 4.03. The third-order valence-corrected chi connectivity index (χ3v) is 2.00. The molecule has 1 rings (SSSR count). The van der Waals surface area contributed by atoms with E-state index in [-0.39, 0.29) is 5.23 Å². The molecule has 1 aromatic rings. The molecule has 0 aliphatic rings. The Labute approximate surface area is 92.3 Å². The highest BCUT2D eigenvalue weighted by Crippen LogP contribution is 2.12. The zero-order valence-electron chi connectivity index (χ0n) is 8.47. The summed E-state index contributed by atoms with van der Waals surface area (Å²) in [6, 6.07) is 9.12. The van der Waals surface area contributed by atoms with Gasteiger partial charge in [0.25, 0.3) is 5.23 Å². The van der Waals surface area contributed by atoms with Gasteiger partial charge in [-0.15, -0.1) is 4.99 Å². The number of hydrogen-bond acceptors (Lipinski definition) is 4. The fourth-order valence-electron chi connectivity index (χ4n) is 0.820. The number of rotatable bonds is 1. The fraction of sp³-hybridized carbons (Fsp3) is 0.200. The smallest absolute Gasteiger partial charge is 0.437 e. The molecule has 15 heavy (non-hydrogen) atoms. The van der Waals surface area contributed by atoms with Crippen LogP contribution in [0, 0.1) is 0 Å². The van der Waals surface area contributed by atoms with Gasteiger partial charge in [-0.2, -0.15) is 0 Å². The number of benzene rings is 1. The van der Waals surface area contributed by atoms with Gasteiger partial charge in [0.05, 0.1) is 7.11 Å². The first-order valence-electron chi connectivity index (χ1n) is 4.20. The number of nitrogens with zero attached hydrogens (tertiary/aromatic N) is 1. The molecule has 0 aromatic heterocycles. The average Bonchev–Trinajstić information content (AvgIpc) is 2.29. The molecule has 0 atom stereocenters. The van der Waals surface area contributed by atoms with Crippen molar-refractivity contribution in [2.24, 2.45) is 4.99 Å². The van der Waals surface area contributed by atoms with Crippen LogP contribution >= 0.6 is 11.8 Å². The monoisotopic (exact) mass is 225 g/mol. The van der Waals surface area contributed by atoms with Gasteiger partial charge in [0, 0.05) is 0 Å². The SMILES string of the molecule is COC(=O)N=C(Oc1ccccc1)SC. The molecule has 0 aliphatic carbocycles. The van der Waals surface area contributed by atoms with Crippen molar-refractivity contribution in [3.63, 3.8) is 0 Å². The molecule has 0 spiro atoms. The lowest BCUT2D eigenvalue weighted by Crippen LogP contribution is -2.07. The van der Waals surface area contributed by atoms with Gasteiger partial charge in [0.15, 0.2) is 0 Å². The van der Waals surface area contributed by atoms with E-state index in [1.807, 2.05) is 18.2 Å². The first kappa shape index (κ1) is 11.6. The average molecular weight is 225 g/mol. The fourth-order valence-corrected chi connectivity index (χ4v) is 1.17. The Balaban J connectivity index is 2.70. The minimum atomic E-state index is -0.671. The van der Waals surface area contributed by atoms with Gasteiger partial charge in [0.1, 0.15) is 5.75 Å². The van der Waals surface area contributed by atoms with E-state index < -0.39 is 6.09 Å². The Morgan fingerprint density at radius 3 is 2.53 bits per heavy atom. The zero-order valence-corrected chi connectivity index (χ0v) is 9.28. The van der Waals surface area contributed by atoms with Crippen LogP contribution in [0.1, 0.15) is 0 Å². The maximum Gasteiger partial charge on any atom is 0.437 e. The number of methoxy groups -OCH3 is 1. The van der Waals surface area contributed by atoms with Gasteiger partial charge in [-0.3, -0.25) is 0 Å². The van der Waals surface area contributed by atoms with Crippen LogP contribution in [-0.4, -0.2) is 24.7 Å². The summed E-state index contributed by atoms with van der Waals surface area (Å²) in [5.74, 6) is 0.634. The molecule has 1 amide bonds. The summed E-state index contributed by atoms with van der Waals surface area (Å²) >= 11 is 1.24. The van der Waals surface area contributed by atoms with E-state index in [0.29, 0.717) is 5.75 Å². The van der Waals surface area contributed by atoms with Crippen LogP contribution < -0.4 is 4.74 Å². The highest BCUT2D eigenvalue weighted by atomic mass is 32.2. The van der Waals surface area contributed by atoms with Crippen molar-refractivity contribution in [1.82, 2.24) is 0 Å². The molecular weight excluding hydrogens is 214 g/mol. The predicted octanol–water partition coefficient (Wildman–Crippen LogP) is 2.55. The molecule has 0 unspecified atom stereocenters. The molecule has 0 N–H and O–H groups in total. The summed E-state index contributed by atoms with van der Waals surface area (Å²) in [5.41, 5.74) is 0. The van der Waals surface area contributed by atoms with Gasteiger partial charge in [0.2, 0.25) is 0 Å². The van der Waals surface area contributed by atoms with E-state index in [4.69, 9.17) is 4.74 Å². The summed E-state index contributed by atoms with van der Waals surface area (Å²) in [7, 11) is 1.27. The van der Waals surface area contributed by atoms with Crippen LogP contribution in [0.3, 0.4) is 0 Å². The Kier molecular flexibility index (Phi) is 4.70. The normalized spacial score (nSPS) is 10.9. The van der Waals surface area contributed by atoms with E-state index in [9.17, 15) is 4.79 Å². The molecule has 0 heterocycles. The first-order chi connectivity index (χ1) is 7.26. The van der Waals surface area contributed by atoms with E-state index in [1.54, 1.807) is 18.4 Å². The van der Waals surface area contributed by atoms with Crippen molar-refractivity contribution in [2.75, 3.05) is 13.4 Å². The number of carbonyl (C=O) groups is 1. The second-order valence-electron chi connectivity index (χ2n) is 2.47.